The molecular weight excluding hydrogens is 228 g/mol. The van der Waals surface area contributed by atoms with E-state index in [1.807, 2.05) is 18.7 Å². The molecule has 0 bridgehead atoms. The topological polar surface area (TPSA) is 49.4 Å². The lowest BCUT2D eigenvalue weighted by Crippen LogP contribution is -2.34. The summed E-state index contributed by atoms with van der Waals surface area (Å²) in [6.07, 6.45) is 5.26. The fourth-order valence-electron chi connectivity index (χ4n) is 2.95. The molecule has 2 aliphatic heterocycles. The molecule has 1 spiro atoms. The lowest BCUT2D eigenvalue weighted by atomic mass is 9.79. The molecule has 0 aromatic rings. The van der Waals surface area contributed by atoms with Gasteiger partial charge in [0.15, 0.2) is 0 Å². The normalized spacial score (nSPS) is 27.9. The smallest absolute Gasteiger partial charge is 0.246 e. The zero-order chi connectivity index (χ0) is 13.2. The second kappa shape index (κ2) is 5.12. The highest BCUT2D eigenvalue weighted by molar-refractivity contribution is 5.88. The summed E-state index contributed by atoms with van der Waals surface area (Å²) in [5, 5.41) is 2.93. The SMILES string of the molecule is CC(C)=CC(=O)N1CCC[C@@]2(CCNC2=O)CC1. The van der Waals surface area contributed by atoms with Gasteiger partial charge in [-0.2, -0.15) is 0 Å². The Hall–Kier alpha value is -1.32. The van der Waals surface area contributed by atoms with Gasteiger partial charge in [0, 0.05) is 25.7 Å². The summed E-state index contributed by atoms with van der Waals surface area (Å²) in [4.78, 5) is 25.8. The molecule has 18 heavy (non-hydrogen) atoms. The maximum Gasteiger partial charge on any atom is 0.246 e. The number of rotatable bonds is 1. The highest BCUT2D eigenvalue weighted by atomic mass is 16.2. The Bertz CT molecular complexity index is 385. The van der Waals surface area contributed by atoms with Crippen LogP contribution in [0.3, 0.4) is 0 Å². The van der Waals surface area contributed by atoms with Gasteiger partial charge in [-0.05, 0) is 39.5 Å². The fourth-order valence-corrected chi connectivity index (χ4v) is 2.95. The third-order valence-electron chi connectivity index (χ3n) is 4.04. The molecule has 0 unspecified atom stereocenters. The van der Waals surface area contributed by atoms with Gasteiger partial charge in [-0.25, -0.2) is 0 Å². The van der Waals surface area contributed by atoms with E-state index in [0.717, 1.165) is 44.3 Å². The van der Waals surface area contributed by atoms with Crippen LogP contribution >= 0.6 is 0 Å². The molecule has 2 rings (SSSR count). The summed E-state index contributed by atoms with van der Waals surface area (Å²) < 4.78 is 0. The van der Waals surface area contributed by atoms with E-state index in [0.29, 0.717) is 6.54 Å². The summed E-state index contributed by atoms with van der Waals surface area (Å²) in [5.74, 6) is 0.282. The van der Waals surface area contributed by atoms with Crippen LogP contribution in [-0.2, 0) is 9.59 Å². The van der Waals surface area contributed by atoms with Crippen molar-refractivity contribution in [2.24, 2.45) is 5.41 Å². The van der Waals surface area contributed by atoms with Crippen molar-refractivity contribution in [3.63, 3.8) is 0 Å². The highest BCUT2D eigenvalue weighted by Gasteiger charge is 2.43. The summed E-state index contributed by atoms with van der Waals surface area (Å²) in [6, 6.07) is 0. The first kappa shape index (κ1) is 13.1. The minimum Gasteiger partial charge on any atom is -0.356 e. The minimum absolute atomic E-state index is 0.0884. The van der Waals surface area contributed by atoms with Crippen molar-refractivity contribution in [3.8, 4) is 0 Å². The van der Waals surface area contributed by atoms with Gasteiger partial charge in [0.2, 0.25) is 11.8 Å². The molecule has 1 atom stereocenters. The van der Waals surface area contributed by atoms with E-state index in [1.54, 1.807) is 6.08 Å². The van der Waals surface area contributed by atoms with E-state index < -0.39 is 0 Å². The number of hydrogen-bond acceptors (Lipinski definition) is 2. The molecule has 2 heterocycles. The predicted octanol–water partition coefficient (Wildman–Crippen LogP) is 1.47. The third kappa shape index (κ3) is 2.57. The Kier molecular flexibility index (Phi) is 3.73. The molecule has 2 aliphatic rings. The Labute approximate surface area is 108 Å². The van der Waals surface area contributed by atoms with E-state index >= 15 is 0 Å². The largest absolute Gasteiger partial charge is 0.356 e. The average Bonchev–Trinajstić information content (AvgIpc) is 2.53. The molecule has 4 heteroatoms. The minimum atomic E-state index is -0.194. The lowest BCUT2D eigenvalue weighted by molar-refractivity contribution is -0.129. The molecule has 0 radical (unpaired) electrons. The average molecular weight is 250 g/mol. The van der Waals surface area contributed by atoms with E-state index in [-0.39, 0.29) is 17.2 Å². The van der Waals surface area contributed by atoms with Gasteiger partial charge in [0.25, 0.3) is 0 Å². The highest BCUT2D eigenvalue weighted by Crippen LogP contribution is 2.37. The molecule has 0 aromatic heterocycles. The van der Waals surface area contributed by atoms with Crippen molar-refractivity contribution in [3.05, 3.63) is 11.6 Å². The molecule has 2 amide bonds. The molecule has 4 nitrogen and oxygen atoms in total. The van der Waals surface area contributed by atoms with E-state index in [4.69, 9.17) is 0 Å². The maximum atomic E-state index is 12.0. The Balaban J connectivity index is 2.03. The first-order valence-corrected chi connectivity index (χ1v) is 6.76. The number of carbonyl (C=O) groups is 2. The Morgan fingerprint density at radius 2 is 2.06 bits per heavy atom. The zero-order valence-electron chi connectivity index (χ0n) is 11.3. The second-order valence-corrected chi connectivity index (χ2v) is 5.69. The van der Waals surface area contributed by atoms with E-state index in [9.17, 15) is 9.59 Å². The van der Waals surface area contributed by atoms with Gasteiger partial charge in [-0.1, -0.05) is 5.57 Å². The summed E-state index contributed by atoms with van der Waals surface area (Å²) in [5.41, 5.74) is 0.831. The molecule has 0 aromatic carbocycles. The molecular formula is C14H22N2O2. The maximum absolute atomic E-state index is 12.0. The summed E-state index contributed by atoms with van der Waals surface area (Å²) in [7, 11) is 0. The second-order valence-electron chi connectivity index (χ2n) is 5.69. The number of carbonyl (C=O) groups excluding carboxylic acids is 2. The van der Waals surface area contributed by atoms with Gasteiger partial charge in [0.05, 0.1) is 5.41 Å². The van der Waals surface area contributed by atoms with Gasteiger partial charge in [-0.15, -0.1) is 0 Å². The van der Waals surface area contributed by atoms with Crippen LogP contribution in [0.25, 0.3) is 0 Å². The molecule has 2 saturated heterocycles. The monoisotopic (exact) mass is 250 g/mol. The first-order chi connectivity index (χ1) is 8.53. The molecule has 100 valence electrons. The molecule has 2 fully saturated rings. The summed E-state index contributed by atoms with van der Waals surface area (Å²) in [6.45, 7) is 6.14. The number of likely N-dealkylation sites (tertiary alicyclic amines) is 1. The molecule has 1 N–H and O–H groups in total. The van der Waals surface area contributed by atoms with Crippen LogP contribution in [0.5, 0.6) is 0 Å². The van der Waals surface area contributed by atoms with Crippen LogP contribution < -0.4 is 5.32 Å². The quantitative estimate of drug-likeness (QED) is 0.716. The Morgan fingerprint density at radius 3 is 2.67 bits per heavy atom. The molecule has 0 saturated carbocycles. The molecule has 0 aliphatic carbocycles. The van der Waals surface area contributed by atoms with Crippen LogP contribution in [-0.4, -0.2) is 36.3 Å². The third-order valence-corrected chi connectivity index (χ3v) is 4.04. The van der Waals surface area contributed by atoms with Crippen LogP contribution in [0.2, 0.25) is 0 Å². The van der Waals surface area contributed by atoms with Crippen LogP contribution in [0, 0.1) is 5.41 Å². The van der Waals surface area contributed by atoms with Gasteiger partial charge >= 0.3 is 0 Å². The van der Waals surface area contributed by atoms with Gasteiger partial charge in [-0.3, -0.25) is 9.59 Å². The van der Waals surface area contributed by atoms with E-state index in [1.165, 1.54) is 0 Å². The van der Waals surface area contributed by atoms with Crippen molar-refractivity contribution in [2.45, 2.75) is 39.5 Å². The van der Waals surface area contributed by atoms with Gasteiger partial charge < -0.3 is 10.2 Å². The number of nitrogens with zero attached hydrogens (tertiary/aromatic N) is 1. The zero-order valence-corrected chi connectivity index (χ0v) is 11.3. The number of amides is 2. The predicted molar refractivity (Wildman–Crippen MR) is 69.9 cm³/mol. The van der Waals surface area contributed by atoms with Crippen LogP contribution in [0.1, 0.15) is 39.5 Å². The Morgan fingerprint density at radius 1 is 1.28 bits per heavy atom. The van der Waals surface area contributed by atoms with Crippen molar-refractivity contribution in [1.82, 2.24) is 10.2 Å². The van der Waals surface area contributed by atoms with Gasteiger partial charge in [0.1, 0.15) is 0 Å². The number of hydrogen-bond donors (Lipinski definition) is 1. The number of nitrogens with one attached hydrogen (secondary N) is 1. The number of allylic oxidation sites excluding steroid dienone is 1. The summed E-state index contributed by atoms with van der Waals surface area (Å²) >= 11 is 0. The van der Waals surface area contributed by atoms with Crippen LogP contribution in [0.15, 0.2) is 11.6 Å². The van der Waals surface area contributed by atoms with Crippen molar-refractivity contribution in [2.75, 3.05) is 19.6 Å². The fraction of sp³-hybridized carbons (Fsp3) is 0.714. The van der Waals surface area contributed by atoms with Crippen molar-refractivity contribution >= 4 is 11.8 Å². The first-order valence-electron chi connectivity index (χ1n) is 6.76. The lowest BCUT2D eigenvalue weighted by Gasteiger charge is -2.24. The van der Waals surface area contributed by atoms with E-state index in [2.05, 4.69) is 5.32 Å². The standard InChI is InChI=1S/C14H22N2O2/c1-11(2)10-12(17)16-8-3-4-14(6-9-16)5-7-15-13(14)18/h10H,3-9H2,1-2H3,(H,15,18)/t14-/m1/s1. The van der Waals surface area contributed by atoms with Crippen LogP contribution in [0.4, 0.5) is 0 Å². The van der Waals surface area contributed by atoms with Crippen molar-refractivity contribution in [1.29, 1.82) is 0 Å². The van der Waals surface area contributed by atoms with Crippen molar-refractivity contribution < 1.29 is 9.59 Å².